The van der Waals surface area contributed by atoms with Crippen LogP contribution in [0.2, 0.25) is 5.02 Å². The molecule has 0 saturated carbocycles. The number of fused-ring (bicyclic) bond motifs is 1. The number of aryl methyl sites for hydroxylation is 1. The van der Waals surface area contributed by atoms with E-state index in [2.05, 4.69) is 35.8 Å². The van der Waals surface area contributed by atoms with Crippen molar-refractivity contribution in [2.24, 2.45) is 11.5 Å². The van der Waals surface area contributed by atoms with E-state index in [1.165, 1.54) is 5.56 Å². The lowest BCUT2D eigenvalue weighted by Gasteiger charge is -2.10. The fraction of sp³-hybridized carbons (Fsp3) is 0.278. The number of nitrogens with two attached hydrogens (primary N) is 2. The van der Waals surface area contributed by atoms with Gasteiger partial charge in [0.15, 0.2) is 0 Å². The zero-order valence-electron chi connectivity index (χ0n) is 13.2. The molecular weight excluding hydrogens is 308 g/mol. The second kappa shape index (κ2) is 6.71. The monoisotopic (exact) mass is 328 g/mol. The number of halogens is 1. The minimum atomic E-state index is 0.414. The van der Waals surface area contributed by atoms with Gasteiger partial charge in [-0.2, -0.15) is 0 Å². The zero-order chi connectivity index (χ0) is 16.4. The molecule has 5 heteroatoms. The molecule has 0 radical (unpaired) electrons. The number of benzene rings is 2. The average molecular weight is 329 g/mol. The summed E-state index contributed by atoms with van der Waals surface area (Å²) in [6.45, 7) is 3.17. The standard InChI is InChI=1S/C18H21ClN4/c1-2-18-22-16-9-13(11-21)15(19)10-17(16)23(18)14-5-3-12(4-6-14)7-8-20/h3-6,9-10H,2,7-8,11,20-21H2,1H3. The lowest BCUT2D eigenvalue weighted by molar-refractivity contribution is 0.905. The van der Waals surface area contributed by atoms with E-state index in [1.807, 2.05) is 12.1 Å². The Balaban J connectivity index is 2.16. The summed E-state index contributed by atoms with van der Waals surface area (Å²) in [5.74, 6) is 1.01. The first kappa shape index (κ1) is 16.0. The van der Waals surface area contributed by atoms with E-state index in [4.69, 9.17) is 28.1 Å². The minimum absolute atomic E-state index is 0.414. The van der Waals surface area contributed by atoms with Crippen LogP contribution in [0.15, 0.2) is 36.4 Å². The van der Waals surface area contributed by atoms with Crippen LogP contribution in [0.4, 0.5) is 0 Å². The first-order valence-electron chi connectivity index (χ1n) is 7.87. The van der Waals surface area contributed by atoms with Gasteiger partial charge in [0.05, 0.1) is 11.0 Å². The average Bonchev–Trinajstić information content (AvgIpc) is 2.92. The molecule has 0 amide bonds. The Kier molecular flexibility index (Phi) is 4.66. The van der Waals surface area contributed by atoms with Crippen LogP contribution in [0.1, 0.15) is 23.9 Å². The van der Waals surface area contributed by atoms with Crippen molar-refractivity contribution in [1.29, 1.82) is 0 Å². The van der Waals surface area contributed by atoms with Gasteiger partial charge in [-0.1, -0.05) is 30.7 Å². The third-order valence-electron chi connectivity index (χ3n) is 4.06. The highest BCUT2D eigenvalue weighted by Crippen LogP contribution is 2.27. The van der Waals surface area contributed by atoms with Crippen LogP contribution in [-0.2, 0) is 19.4 Å². The van der Waals surface area contributed by atoms with E-state index in [0.717, 1.165) is 41.0 Å². The van der Waals surface area contributed by atoms with Crippen LogP contribution in [0.3, 0.4) is 0 Å². The second-order valence-electron chi connectivity index (χ2n) is 5.56. The van der Waals surface area contributed by atoms with Crippen LogP contribution >= 0.6 is 11.6 Å². The van der Waals surface area contributed by atoms with Gasteiger partial charge in [0.1, 0.15) is 5.82 Å². The van der Waals surface area contributed by atoms with E-state index >= 15 is 0 Å². The fourth-order valence-electron chi connectivity index (χ4n) is 2.85. The highest BCUT2D eigenvalue weighted by atomic mass is 35.5. The van der Waals surface area contributed by atoms with Crippen molar-refractivity contribution in [2.75, 3.05) is 6.54 Å². The smallest absolute Gasteiger partial charge is 0.114 e. The van der Waals surface area contributed by atoms with Crippen molar-refractivity contribution in [3.63, 3.8) is 0 Å². The van der Waals surface area contributed by atoms with Crippen LogP contribution < -0.4 is 11.5 Å². The predicted octanol–water partition coefficient (Wildman–Crippen LogP) is 3.20. The van der Waals surface area contributed by atoms with Gasteiger partial charge in [0.2, 0.25) is 0 Å². The zero-order valence-corrected chi connectivity index (χ0v) is 14.0. The van der Waals surface area contributed by atoms with Crippen molar-refractivity contribution in [3.8, 4) is 5.69 Å². The summed E-state index contributed by atoms with van der Waals surface area (Å²) in [6, 6.07) is 12.4. The van der Waals surface area contributed by atoms with Gasteiger partial charge < -0.3 is 11.5 Å². The van der Waals surface area contributed by atoms with Crippen LogP contribution in [0.25, 0.3) is 16.7 Å². The molecule has 4 N–H and O–H groups in total. The summed E-state index contributed by atoms with van der Waals surface area (Å²) in [5, 5.41) is 0.684. The molecule has 0 saturated heterocycles. The maximum absolute atomic E-state index is 6.35. The predicted molar refractivity (Wildman–Crippen MR) is 96.1 cm³/mol. The van der Waals surface area contributed by atoms with Crippen LogP contribution in [0.5, 0.6) is 0 Å². The normalized spacial score (nSPS) is 11.3. The summed E-state index contributed by atoms with van der Waals surface area (Å²) in [4.78, 5) is 4.74. The summed E-state index contributed by atoms with van der Waals surface area (Å²) in [7, 11) is 0. The molecule has 0 aliphatic rings. The molecule has 0 bridgehead atoms. The molecule has 0 fully saturated rings. The number of rotatable bonds is 5. The van der Waals surface area contributed by atoms with Crippen molar-refractivity contribution in [3.05, 3.63) is 58.4 Å². The molecule has 0 atom stereocenters. The van der Waals surface area contributed by atoms with E-state index in [9.17, 15) is 0 Å². The molecule has 120 valence electrons. The molecule has 3 aromatic rings. The Bertz CT molecular complexity index is 821. The van der Waals surface area contributed by atoms with Gasteiger partial charge in [-0.3, -0.25) is 4.57 Å². The maximum Gasteiger partial charge on any atom is 0.114 e. The third-order valence-corrected chi connectivity index (χ3v) is 4.41. The number of hydrogen-bond donors (Lipinski definition) is 2. The Morgan fingerprint density at radius 1 is 1.13 bits per heavy atom. The lowest BCUT2D eigenvalue weighted by Crippen LogP contribution is -2.04. The molecule has 3 rings (SSSR count). The second-order valence-corrected chi connectivity index (χ2v) is 5.97. The SMILES string of the molecule is CCc1nc2cc(CN)c(Cl)cc2n1-c1ccc(CCN)cc1. The third kappa shape index (κ3) is 2.98. The van der Waals surface area contributed by atoms with Gasteiger partial charge in [-0.25, -0.2) is 4.98 Å². The quantitative estimate of drug-likeness (QED) is 0.755. The lowest BCUT2D eigenvalue weighted by atomic mass is 10.1. The topological polar surface area (TPSA) is 69.9 Å². The van der Waals surface area contributed by atoms with Gasteiger partial charge in [-0.05, 0) is 48.4 Å². The van der Waals surface area contributed by atoms with Gasteiger partial charge in [0, 0.05) is 23.7 Å². The molecule has 1 aromatic heterocycles. The summed E-state index contributed by atoms with van der Waals surface area (Å²) in [5.41, 5.74) is 16.5. The molecule has 4 nitrogen and oxygen atoms in total. The summed E-state index contributed by atoms with van der Waals surface area (Å²) < 4.78 is 2.16. The van der Waals surface area contributed by atoms with Crippen LogP contribution in [-0.4, -0.2) is 16.1 Å². The van der Waals surface area contributed by atoms with Gasteiger partial charge >= 0.3 is 0 Å². The van der Waals surface area contributed by atoms with Gasteiger partial charge in [0.25, 0.3) is 0 Å². The number of imidazole rings is 1. The number of hydrogen-bond acceptors (Lipinski definition) is 3. The van der Waals surface area contributed by atoms with Crippen molar-refractivity contribution in [2.45, 2.75) is 26.3 Å². The Labute approximate surface area is 141 Å². The molecule has 0 spiro atoms. The summed E-state index contributed by atoms with van der Waals surface area (Å²) in [6.07, 6.45) is 1.73. The fourth-order valence-corrected chi connectivity index (χ4v) is 3.09. The first-order valence-corrected chi connectivity index (χ1v) is 8.25. The molecule has 23 heavy (non-hydrogen) atoms. The first-order chi connectivity index (χ1) is 11.2. The number of nitrogens with zero attached hydrogens (tertiary/aromatic N) is 2. The van der Waals surface area contributed by atoms with E-state index in [0.29, 0.717) is 18.1 Å². The van der Waals surface area contributed by atoms with Crippen LogP contribution in [0, 0.1) is 0 Å². The molecule has 0 unspecified atom stereocenters. The van der Waals surface area contributed by atoms with Gasteiger partial charge in [-0.15, -0.1) is 0 Å². The molecule has 2 aromatic carbocycles. The largest absolute Gasteiger partial charge is 0.330 e. The van der Waals surface area contributed by atoms with Crippen molar-refractivity contribution < 1.29 is 0 Å². The minimum Gasteiger partial charge on any atom is -0.330 e. The molecule has 0 aliphatic carbocycles. The van der Waals surface area contributed by atoms with E-state index in [1.54, 1.807) is 0 Å². The van der Waals surface area contributed by atoms with E-state index < -0.39 is 0 Å². The highest BCUT2D eigenvalue weighted by molar-refractivity contribution is 6.32. The Hall–Kier alpha value is -1.88. The van der Waals surface area contributed by atoms with Crippen molar-refractivity contribution in [1.82, 2.24) is 9.55 Å². The molecule has 1 heterocycles. The summed E-state index contributed by atoms with van der Waals surface area (Å²) >= 11 is 6.35. The maximum atomic E-state index is 6.35. The van der Waals surface area contributed by atoms with E-state index in [-0.39, 0.29) is 0 Å². The highest BCUT2D eigenvalue weighted by Gasteiger charge is 2.13. The van der Waals surface area contributed by atoms with Crippen molar-refractivity contribution >= 4 is 22.6 Å². The molecule has 0 aliphatic heterocycles. The molecular formula is C18H21ClN4. The Morgan fingerprint density at radius 2 is 1.87 bits per heavy atom. The number of aromatic nitrogens is 2. The Morgan fingerprint density at radius 3 is 2.48 bits per heavy atom.